The van der Waals surface area contributed by atoms with Gasteiger partial charge in [-0.05, 0) is 62.7 Å². The number of likely N-dealkylation sites (N-methyl/N-ethyl adjacent to an activating group) is 2. The van der Waals surface area contributed by atoms with Crippen molar-refractivity contribution in [3.63, 3.8) is 0 Å². The van der Waals surface area contributed by atoms with Gasteiger partial charge >= 0.3 is 18.2 Å². The van der Waals surface area contributed by atoms with Gasteiger partial charge in [-0.3, -0.25) is 14.9 Å². The number of rotatable bonds is 5. The van der Waals surface area contributed by atoms with Gasteiger partial charge in [0.15, 0.2) is 0 Å². The van der Waals surface area contributed by atoms with Crippen LogP contribution in [0.5, 0.6) is 0 Å². The first kappa shape index (κ1) is 32.2. The number of pyridine rings is 1. The summed E-state index contributed by atoms with van der Waals surface area (Å²) in [5.74, 6) is -0.696. The van der Waals surface area contributed by atoms with E-state index in [2.05, 4.69) is 0 Å². The molecule has 0 aliphatic carbocycles. The fourth-order valence-corrected chi connectivity index (χ4v) is 5.28. The number of hydrogen-bond acceptors (Lipinski definition) is 4. The van der Waals surface area contributed by atoms with Gasteiger partial charge in [-0.15, -0.1) is 0 Å². The monoisotopic (exact) mass is 612 g/mol. The van der Waals surface area contributed by atoms with Gasteiger partial charge in [0.05, 0.1) is 40.4 Å². The predicted molar refractivity (Wildman–Crippen MR) is 148 cm³/mol. The van der Waals surface area contributed by atoms with Crippen LogP contribution in [0.25, 0.3) is 11.1 Å². The van der Waals surface area contributed by atoms with E-state index in [9.17, 15) is 41.6 Å². The van der Waals surface area contributed by atoms with Gasteiger partial charge in [0.2, 0.25) is 5.91 Å². The van der Waals surface area contributed by atoms with E-state index in [1.165, 1.54) is 27.1 Å². The first-order valence-electron chi connectivity index (χ1n) is 13.5. The number of carbonyl (C=O) groups is 1. The fraction of sp³-hybridized carbons (Fsp3) is 0.400. The molecule has 1 fully saturated rings. The Hall–Kier alpha value is -3.68. The Morgan fingerprint density at radius 3 is 1.93 bits per heavy atom. The average molecular weight is 613 g/mol. The van der Waals surface area contributed by atoms with E-state index in [-0.39, 0.29) is 30.7 Å². The van der Waals surface area contributed by atoms with Crippen molar-refractivity contribution in [2.24, 2.45) is 0 Å². The van der Waals surface area contributed by atoms with Crippen molar-refractivity contribution in [1.82, 2.24) is 9.55 Å². The largest absolute Gasteiger partial charge is 0.449 e. The molecule has 0 saturated carbocycles. The molecule has 3 aromatic rings. The van der Waals surface area contributed by atoms with E-state index in [1.807, 2.05) is 24.9 Å². The van der Waals surface area contributed by atoms with Crippen molar-refractivity contribution in [2.45, 2.75) is 38.5 Å². The van der Waals surface area contributed by atoms with Crippen LogP contribution in [0, 0.1) is 6.92 Å². The second kappa shape index (κ2) is 11.1. The molecule has 0 unspecified atom stereocenters. The minimum absolute atomic E-state index is 0.0173. The summed E-state index contributed by atoms with van der Waals surface area (Å²) in [6.45, 7) is 5.93. The zero-order chi connectivity index (χ0) is 32.1. The highest BCUT2D eigenvalue weighted by Crippen LogP contribution is 2.41. The average Bonchev–Trinajstić information content (AvgIpc) is 2.93. The molecular weight excluding hydrogens is 578 g/mol. The molecule has 1 amide bonds. The van der Waals surface area contributed by atoms with Crippen LogP contribution < -0.4 is 14.3 Å². The predicted octanol–water partition coefficient (Wildman–Crippen LogP) is 5.81. The van der Waals surface area contributed by atoms with E-state index >= 15 is 0 Å². The van der Waals surface area contributed by atoms with Crippen LogP contribution in [0.4, 0.5) is 37.8 Å². The summed E-state index contributed by atoms with van der Waals surface area (Å²) in [6, 6.07) is 9.83. The van der Waals surface area contributed by atoms with Crippen molar-refractivity contribution >= 4 is 17.4 Å². The van der Waals surface area contributed by atoms with Gasteiger partial charge in [-0.25, -0.2) is 5.21 Å². The Labute approximate surface area is 245 Å². The summed E-state index contributed by atoms with van der Waals surface area (Å²) >= 11 is 0. The molecule has 1 aromatic heterocycles. The first-order valence-corrected chi connectivity index (χ1v) is 13.5. The molecule has 2 aromatic carbocycles. The lowest BCUT2D eigenvalue weighted by Gasteiger charge is -2.34. The lowest BCUT2D eigenvalue weighted by atomic mass is 9.81. The summed E-state index contributed by atoms with van der Waals surface area (Å²) in [7, 11) is 3.24. The Kier molecular flexibility index (Phi) is 8.33. The highest BCUT2D eigenvalue weighted by atomic mass is 19.4. The lowest BCUT2D eigenvalue weighted by Crippen LogP contribution is -2.62. The number of hydrogen-bond donors (Lipinski definition) is 2. The number of benzene rings is 2. The second-order valence-electron chi connectivity index (χ2n) is 11.5. The number of piperazine rings is 1. The van der Waals surface area contributed by atoms with Gasteiger partial charge in [-0.2, -0.15) is 26.3 Å². The highest BCUT2D eigenvalue weighted by Gasteiger charge is 2.45. The summed E-state index contributed by atoms with van der Waals surface area (Å²) in [6.07, 6.45) is -8.94. The summed E-state index contributed by atoms with van der Waals surface area (Å²) < 4.78 is 81.7. The third kappa shape index (κ3) is 6.34. The number of anilines is 1. The molecule has 4 rings (SSSR count). The van der Waals surface area contributed by atoms with Crippen LogP contribution >= 0.6 is 0 Å². The van der Waals surface area contributed by atoms with Crippen molar-refractivity contribution in [2.75, 3.05) is 45.2 Å². The van der Waals surface area contributed by atoms with Crippen LogP contribution in [-0.4, -0.2) is 61.5 Å². The normalized spacial score (nSPS) is 16.3. The van der Waals surface area contributed by atoms with Crippen LogP contribution in [-0.2, 0) is 22.6 Å². The van der Waals surface area contributed by atoms with Gasteiger partial charge in [0.25, 0.3) is 6.20 Å². The van der Waals surface area contributed by atoms with Crippen molar-refractivity contribution in [1.29, 1.82) is 0 Å². The molecule has 0 spiro atoms. The Balaban J connectivity index is 1.86. The molecular formula is C30H34F6N4O3+2. The number of nitrogens with zero attached hydrogens (tertiary/aromatic N) is 4. The minimum atomic E-state index is -5.08. The maximum atomic E-state index is 14.0. The van der Waals surface area contributed by atoms with Gasteiger partial charge in [0.1, 0.15) is 18.8 Å². The number of alkyl halides is 6. The summed E-state index contributed by atoms with van der Waals surface area (Å²) in [4.78, 5) is 17.1. The second-order valence-corrected chi connectivity index (χ2v) is 11.5. The van der Waals surface area contributed by atoms with Crippen molar-refractivity contribution in [3.05, 3.63) is 77.0 Å². The van der Waals surface area contributed by atoms with E-state index in [4.69, 9.17) is 0 Å². The van der Waals surface area contributed by atoms with E-state index in [1.54, 1.807) is 24.3 Å². The molecule has 1 aliphatic heterocycles. The van der Waals surface area contributed by atoms with Gasteiger partial charge in [-0.1, -0.05) is 28.9 Å². The SMILES string of the molecule is Cc1ccccc1-c1cc([N+]2(O)CCN(C)CC2)[n+](O)cc1N(C)C(=O)C(C)(C)c1cc(C(F)(F)F)cc(C(F)(F)F)c1. The molecule has 1 aliphatic rings. The lowest BCUT2D eigenvalue weighted by molar-refractivity contribution is -0.899. The van der Waals surface area contributed by atoms with E-state index < -0.39 is 45.0 Å². The first-order chi connectivity index (χ1) is 19.8. The third-order valence-electron chi connectivity index (χ3n) is 8.10. The maximum Gasteiger partial charge on any atom is 0.449 e. The van der Waals surface area contributed by atoms with Gasteiger partial charge in [0, 0.05) is 12.6 Å². The van der Waals surface area contributed by atoms with Crippen LogP contribution in [0.15, 0.2) is 54.7 Å². The number of quaternary nitrogens is 1. The van der Waals surface area contributed by atoms with E-state index in [0.717, 1.165) is 10.5 Å². The Bertz CT molecular complexity index is 1500. The van der Waals surface area contributed by atoms with Crippen LogP contribution in [0.1, 0.15) is 36.1 Å². The zero-order valence-electron chi connectivity index (χ0n) is 24.4. The quantitative estimate of drug-likeness (QED) is 0.165. The van der Waals surface area contributed by atoms with Crippen LogP contribution in [0.3, 0.4) is 0 Å². The van der Waals surface area contributed by atoms with Crippen molar-refractivity contribution in [3.8, 4) is 11.1 Å². The molecule has 0 bridgehead atoms. The number of carbonyl (C=O) groups excluding carboxylic acids is 1. The van der Waals surface area contributed by atoms with Gasteiger partial charge < -0.3 is 4.90 Å². The molecule has 0 atom stereocenters. The highest BCUT2D eigenvalue weighted by molar-refractivity contribution is 6.03. The Morgan fingerprint density at radius 2 is 1.42 bits per heavy atom. The topological polar surface area (TPSA) is 67.9 Å². The number of hydroxylamine groups is 2. The fourth-order valence-electron chi connectivity index (χ4n) is 5.28. The standard InChI is InChI=1S/C30H34F6N4O3/c1-19-8-6-7-9-23(19)24-17-26(40(43)12-10-37(4)11-13-40)39(42)18-25(24)38(5)27(41)28(2,3)20-14-21(29(31,32)33)16-22(15-20)30(34,35)36/h6-9,14-18,42-43H,10-13H2,1-5H3/q+2. The molecule has 232 valence electrons. The minimum Gasteiger partial charge on any atom is -0.309 e. The van der Waals surface area contributed by atoms with Crippen molar-refractivity contribution < 1.29 is 46.3 Å². The maximum absolute atomic E-state index is 14.0. The van der Waals surface area contributed by atoms with E-state index in [0.29, 0.717) is 41.1 Å². The molecule has 0 radical (unpaired) electrons. The number of aromatic nitrogens is 1. The Morgan fingerprint density at radius 1 is 0.907 bits per heavy atom. The number of aryl methyl sites for hydroxylation is 1. The molecule has 2 N–H and O–H groups in total. The molecule has 2 heterocycles. The molecule has 1 saturated heterocycles. The molecule has 13 heteroatoms. The smallest absolute Gasteiger partial charge is 0.309 e. The third-order valence-corrected chi connectivity index (χ3v) is 8.10. The van der Waals surface area contributed by atoms with Crippen LogP contribution in [0.2, 0.25) is 0 Å². The zero-order valence-corrected chi connectivity index (χ0v) is 24.4. The molecule has 7 nitrogen and oxygen atoms in total. The summed E-state index contributed by atoms with van der Waals surface area (Å²) in [5, 5.41) is 22.5. The number of halogens is 6. The number of amides is 1. The molecule has 43 heavy (non-hydrogen) atoms. The summed E-state index contributed by atoms with van der Waals surface area (Å²) in [5.41, 5.74) is -3.39.